The van der Waals surface area contributed by atoms with Crippen molar-refractivity contribution < 1.29 is 19.0 Å². The van der Waals surface area contributed by atoms with Gasteiger partial charge in [0.25, 0.3) is 11.7 Å². The van der Waals surface area contributed by atoms with E-state index in [9.17, 15) is 4.79 Å². The van der Waals surface area contributed by atoms with Gasteiger partial charge in [-0.2, -0.15) is 0 Å². The number of carbonyl (C=O) groups excluding carboxylic acids is 1. The predicted octanol–water partition coefficient (Wildman–Crippen LogP) is 5.05. The van der Waals surface area contributed by atoms with E-state index in [1.807, 2.05) is 13.0 Å². The van der Waals surface area contributed by atoms with E-state index in [0.717, 1.165) is 16.9 Å². The quantitative estimate of drug-likeness (QED) is 0.658. The monoisotopic (exact) mass is 435 g/mol. The fourth-order valence-electron chi connectivity index (χ4n) is 3.86. The second-order valence-electron chi connectivity index (χ2n) is 7.57. The van der Waals surface area contributed by atoms with Crippen molar-refractivity contribution in [1.82, 2.24) is 0 Å². The first-order chi connectivity index (χ1) is 13.8. The molecule has 5 nitrogen and oxygen atoms in total. The lowest BCUT2D eigenvalue weighted by molar-refractivity contribution is -0.180. The number of anilines is 1. The average molecular weight is 436 g/mol. The molecule has 0 bridgehead atoms. The smallest absolute Gasteiger partial charge is 0.292 e. The van der Waals surface area contributed by atoms with Crippen LogP contribution in [0.1, 0.15) is 36.5 Å². The number of nitrogens with zero attached hydrogens (tertiary/aromatic N) is 1. The van der Waals surface area contributed by atoms with Crippen LogP contribution in [0.3, 0.4) is 0 Å². The van der Waals surface area contributed by atoms with Gasteiger partial charge in [-0.15, -0.1) is 0 Å². The zero-order chi connectivity index (χ0) is 20.8. The molecule has 0 unspecified atom stereocenters. The van der Waals surface area contributed by atoms with Crippen LogP contribution in [-0.4, -0.2) is 32.3 Å². The molecule has 2 aromatic rings. The minimum atomic E-state index is -1.43. The fourth-order valence-corrected chi connectivity index (χ4v) is 4.28. The summed E-state index contributed by atoms with van der Waals surface area (Å²) in [6, 6.07) is 9.57. The summed E-state index contributed by atoms with van der Waals surface area (Å²) in [7, 11) is 0. The Balaban J connectivity index is 1.60. The van der Waals surface area contributed by atoms with Gasteiger partial charge in [-0.1, -0.05) is 49.2 Å². The van der Waals surface area contributed by atoms with Gasteiger partial charge in [-0.3, -0.25) is 4.79 Å². The maximum Gasteiger partial charge on any atom is 0.292 e. The third-order valence-corrected chi connectivity index (χ3v) is 6.07. The van der Waals surface area contributed by atoms with Crippen molar-refractivity contribution in [3.63, 3.8) is 0 Å². The second kappa shape index (κ2) is 7.80. The van der Waals surface area contributed by atoms with Crippen molar-refractivity contribution in [2.75, 3.05) is 31.3 Å². The molecule has 1 fully saturated rings. The summed E-state index contributed by atoms with van der Waals surface area (Å²) < 4.78 is 17.6. The molecule has 0 radical (unpaired) electrons. The van der Waals surface area contributed by atoms with Crippen molar-refractivity contribution >= 4 is 34.8 Å². The maximum absolute atomic E-state index is 13.2. The van der Waals surface area contributed by atoms with E-state index in [2.05, 4.69) is 26.0 Å². The Morgan fingerprint density at radius 2 is 1.90 bits per heavy atom. The lowest BCUT2D eigenvalue weighted by Gasteiger charge is -2.22. The highest BCUT2D eigenvalue weighted by Crippen LogP contribution is 2.50. The summed E-state index contributed by atoms with van der Waals surface area (Å²) in [5, 5.41) is 0.687. The number of hydrogen-bond acceptors (Lipinski definition) is 4. The molecule has 0 aliphatic carbocycles. The van der Waals surface area contributed by atoms with Gasteiger partial charge in [0, 0.05) is 5.56 Å². The number of benzene rings is 2. The van der Waals surface area contributed by atoms with Crippen LogP contribution in [0.25, 0.3) is 0 Å². The van der Waals surface area contributed by atoms with Gasteiger partial charge >= 0.3 is 0 Å². The van der Waals surface area contributed by atoms with E-state index in [1.165, 1.54) is 0 Å². The summed E-state index contributed by atoms with van der Waals surface area (Å²) >= 11 is 12.7. The molecule has 7 heteroatoms. The minimum absolute atomic E-state index is 0.297. The Labute approximate surface area is 180 Å². The number of aryl methyl sites for hydroxylation is 1. The summed E-state index contributed by atoms with van der Waals surface area (Å²) in [5.74, 6) is -0.578. The molecule has 2 aliphatic rings. The Morgan fingerprint density at radius 3 is 2.59 bits per heavy atom. The zero-order valence-corrected chi connectivity index (χ0v) is 18.1. The van der Waals surface area contributed by atoms with E-state index in [0.29, 0.717) is 53.6 Å². The van der Waals surface area contributed by atoms with Crippen LogP contribution >= 0.6 is 23.2 Å². The molecule has 0 N–H and O–H groups in total. The Kier molecular flexibility index (Phi) is 5.51. The largest absolute Gasteiger partial charge is 0.491 e. The van der Waals surface area contributed by atoms with Crippen molar-refractivity contribution in [3.8, 4) is 5.75 Å². The van der Waals surface area contributed by atoms with Crippen LogP contribution in [0.4, 0.5) is 5.69 Å². The molecule has 4 rings (SSSR count). The number of ether oxygens (including phenoxy) is 3. The third kappa shape index (κ3) is 3.40. The van der Waals surface area contributed by atoms with Crippen molar-refractivity contribution in [2.45, 2.75) is 32.5 Å². The number of hydrogen-bond donors (Lipinski definition) is 0. The van der Waals surface area contributed by atoms with Crippen LogP contribution < -0.4 is 9.64 Å². The summed E-state index contributed by atoms with van der Waals surface area (Å²) in [6.45, 7) is 7.56. The Hall–Kier alpha value is -1.79. The number of halogens is 2. The zero-order valence-electron chi connectivity index (χ0n) is 16.6. The SMILES string of the molecule is Cc1ccc(C(C)C)c(OCCN2C(=O)C3(OCCO3)c3ccc(Cl)c(Cl)c32)c1. The van der Waals surface area contributed by atoms with Crippen molar-refractivity contribution in [2.24, 2.45) is 0 Å². The van der Waals surface area contributed by atoms with Gasteiger partial charge in [0.1, 0.15) is 12.4 Å². The molecule has 2 aliphatic heterocycles. The van der Waals surface area contributed by atoms with E-state index in [1.54, 1.807) is 17.0 Å². The molecule has 2 aromatic carbocycles. The molecule has 1 saturated heterocycles. The van der Waals surface area contributed by atoms with Crippen molar-refractivity contribution in [1.29, 1.82) is 0 Å². The van der Waals surface area contributed by atoms with Crippen LogP contribution in [0.2, 0.25) is 10.0 Å². The van der Waals surface area contributed by atoms with Crippen LogP contribution in [0.5, 0.6) is 5.75 Å². The molecule has 29 heavy (non-hydrogen) atoms. The lowest BCUT2D eigenvalue weighted by Crippen LogP contribution is -2.42. The molecule has 2 heterocycles. The molecule has 1 spiro atoms. The number of rotatable bonds is 5. The third-order valence-electron chi connectivity index (χ3n) is 5.28. The number of carbonyl (C=O) groups is 1. The average Bonchev–Trinajstić information content (AvgIpc) is 3.25. The van der Waals surface area contributed by atoms with Gasteiger partial charge in [0.05, 0.1) is 35.5 Å². The minimum Gasteiger partial charge on any atom is -0.491 e. The Bertz CT molecular complexity index is 954. The van der Waals surface area contributed by atoms with E-state index < -0.39 is 5.79 Å². The van der Waals surface area contributed by atoms with E-state index in [-0.39, 0.29) is 5.91 Å². The van der Waals surface area contributed by atoms with E-state index in [4.69, 9.17) is 37.4 Å². The summed E-state index contributed by atoms with van der Waals surface area (Å²) in [6.07, 6.45) is 0. The first-order valence-electron chi connectivity index (χ1n) is 9.67. The summed E-state index contributed by atoms with van der Waals surface area (Å²) in [4.78, 5) is 14.8. The number of amides is 1. The highest BCUT2D eigenvalue weighted by Gasteiger charge is 2.56. The topological polar surface area (TPSA) is 48.0 Å². The molecule has 0 aromatic heterocycles. The van der Waals surface area contributed by atoms with Gasteiger partial charge in [0.2, 0.25) is 0 Å². The molecular formula is C22H23Cl2NO4. The molecule has 0 atom stereocenters. The molecule has 154 valence electrons. The first kappa shape index (κ1) is 20.5. The Morgan fingerprint density at radius 1 is 1.17 bits per heavy atom. The van der Waals surface area contributed by atoms with Crippen LogP contribution in [0.15, 0.2) is 30.3 Å². The van der Waals surface area contributed by atoms with Gasteiger partial charge < -0.3 is 19.1 Å². The number of fused-ring (bicyclic) bond motifs is 2. The summed E-state index contributed by atoms with van der Waals surface area (Å²) in [5.41, 5.74) is 3.37. The lowest BCUT2D eigenvalue weighted by atomic mass is 10.0. The van der Waals surface area contributed by atoms with E-state index >= 15 is 0 Å². The molecular weight excluding hydrogens is 413 g/mol. The highest BCUT2D eigenvalue weighted by molar-refractivity contribution is 6.44. The van der Waals surface area contributed by atoms with Crippen LogP contribution in [0, 0.1) is 6.92 Å². The maximum atomic E-state index is 13.2. The first-order valence-corrected chi connectivity index (χ1v) is 10.4. The van der Waals surface area contributed by atoms with Crippen molar-refractivity contribution in [3.05, 3.63) is 57.1 Å². The molecule has 1 amide bonds. The highest BCUT2D eigenvalue weighted by atomic mass is 35.5. The fraction of sp³-hybridized carbons (Fsp3) is 0.409. The second-order valence-corrected chi connectivity index (χ2v) is 8.36. The molecule has 0 saturated carbocycles. The predicted molar refractivity (Wildman–Crippen MR) is 113 cm³/mol. The van der Waals surface area contributed by atoms with Gasteiger partial charge in [-0.25, -0.2) is 0 Å². The van der Waals surface area contributed by atoms with Gasteiger partial charge in [0.15, 0.2) is 0 Å². The normalized spacial score (nSPS) is 17.4. The standard InChI is InChI=1S/C22H23Cl2NO4/c1-13(2)15-5-4-14(3)12-18(15)27-9-8-25-20-16(6-7-17(23)19(20)24)22(21(25)26)28-10-11-29-22/h4-7,12-13H,8-11H2,1-3H3. The van der Waals surface area contributed by atoms with Crippen LogP contribution in [-0.2, 0) is 20.1 Å². The van der Waals surface area contributed by atoms with Gasteiger partial charge in [-0.05, 0) is 42.2 Å².